The SMILES string of the molecule is CN(C)c1ccccc1N(C=O)Cc1cccc(OC(F)(F)F)c1. The van der Waals surface area contributed by atoms with Crippen molar-refractivity contribution in [3.8, 4) is 5.75 Å². The van der Waals surface area contributed by atoms with E-state index in [1.165, 1.54) is 23.1 Å². The standard InChI is InChI=1S/C17H17F3N2O2/c1-21(2)15-8-3-4-9-16(15)22(12-23)11-13-6-5-7-14(10-13)24-17(18,19)20/h3-10,12H,11H2,1-2H3. The Kier molecular flexibility index (Phi) is 5.33. The number of benzene rings is 2. The summed E-state index contributed by atoms with van der Waals surface area (Å²) in [6.07, 6.45) is -4.10. The predicted octanol–water partition coefficient (Wildman–Crippen LogP) is 3.81. The minimum atomic E-state index is -4.75. The molecule has 0 bridgehead atoms. The molecule has 24 heavy (non-hydrogen) atoms. The number of anilines is 2. The first-order valence-corrected chi connectivity index (χ1v) is 7.13. The number of halogens is 3. The fourth-order valence-corrected chi connectivity index (χ4v) is 2.30. The summed E-state index contributed by atoms with van der Waals surface area (Å²) in [5.41, 5.74) is 2.02. The lowest BCUT2D eigenvalue weighted by Crippen LogP contribution is -2.23. The lowest BCUT2D eigenvalue weighted by molar-refractivity contribution is -0.274. The molecule has 0 heterocycles. The molecule has 2 aromatic rings. The average Bonchev–Trinajstić information content (AvgIpc) is 2.51. The maximum absolute atomic E-state index is 12.3. The number of para-hydroxylation sites is 2. The summed E-state index contributed by atoms with van der Waals surface area (Å²) >= 11 is 0. The van der Waals surface area contributed by atoms with Gasteiger partial charge in [-0.25, -0.2) is 0 Å². The highest BCUT2D eigenvalue weighted by molar-refractivity contribution is 5.83. The van der Waals surface area contributed by atoms with Crippen LogP contribution in [-0.2, 0) is 11.3 Å². The summed E-state index contributed by atoms with van der Waals surface area (Å²) in [6, 6.07) is 12.9. The van der Waals surface area contributed by atoms with Crippen molar-refractivity contribution in [3.63, 3.8) is 0 Å². The molecule has 0 aliphatic carbocycles. The monoisotopic (exact) mass is 338 g/mol. The van der Waals surface area contributed by atoms with Crippen molar-refractivity contribution in [1.82, 2.24) is 0 Å². The maximum atomic E-state index is 12.3. The molecule has 0 N–H and O–H groups in total. The van der Waals surface area contributed by atoms with Crippen molar-refractivity contribution in [2.45, 2.75) is 12.9 Å². The maximum Gasteiger partial charge on any atom is 0.573 e. The van der Waals surface area contributed by atoms with Crippen molar-refractivity contribution >= 4 is 17.8 Å². The molecule has 128 valence electrons. The van der Waals surface area contributed by atoms with E-state index >= 15 is 0 Å². The number of hydrogen-bond acceptors (Lipinski definition) is 3. The van der Waals surface area contributed by atoms with Crippen molar-refractivity contribution in [3.05, 3.63) is 54.1 Å². The number of hydrogen-bond donors (Lipinski definition) is 0. The minimum Gasteiger partial charge on any atom is -0.406 e. The summed E-state index contributed by atoms with van der Waals surface area (Å²) < 4.78 is 40.9. The Morgan fingerprint density at radius 3 is 2.29 bits per heavy atom. The molecule has 0 spiro atoms. The van der Waals surface area contributed by atoms with Crippen LogP contribution in [0.4, 0.5) is 24.5 Å². The van der Waals surface area contributed by atoms with Crippen molar-refractivity contribution in [2.24, 2.45) is 0 Å². The first-order chi connectivity index (χ1) is 11.3. The number of carbonyl (C=O) groups is 1. The number of amides is 1. The summed E-state index contributed by atoms with van der Waals surface area (Å²) in [5, 5.41) is 0. The van der Waals surface area contributed by atoms with Gasteiger partial charge in [0.1, 0.15) is 5.75 Å². The molecule has 0 unspecified atom stereocenters. The van der Waals surface area contributed by atoms with E-state index < -0.39 is 6.36 Å². The van der Waals surface area contributed by atoms with Crippen LogP contribution < -0.4 is 14.5 Å². The highest BCUT2D eigenvalue weighted by Crippen LogP contribution is 2.29. The van der Waals surface area contributed by atoms with E-state index in [-0.39, 0.29) is 12.3 Å². The Labute approximate surface area is 138 Å². The van der Waals surface area contributed by atoms with Crippen molar-refractivity contribution in [1.29, 1.82) is 0 Å². The zero-order chi connectivity index (χ0) is 17.7. The van der Waals surface area contributed by atoms with Gasteiger partial charge < -0.3 is 14.5 Å². The van der Waals surface area contributed by atoms with E-state index in [1.807, 2.05) is 31.1 Å². The second kappa shape index (κ2) is 7.25. The van der Waals surface area contributed by atoms with Gasteiger partial charge in [-0.05, 0) is 29.8 Å². The van der Waals surface area contributed by atoms with Crippen LogP contribution in [-0.4, -0.2) is 26.9 Å². The fourth-order valence-electron chi connectivity index (χ4n) is 2.30. The molecule has 0 saturated carbocycles. The van der Waals surface area contributed by atoms with E-state index in [1.54, 1.807) is 18.2 Å². The van der Waals surface area contributed by atoms with Gasteiger partial charge in [0.2, 0.25) is 6.41 Å². The largest absolute Gasteiger partial charge is 0.573 e. The van der Waals surface area contributed by atoms with Crippen LogP contribution in [0.25, 0.3) is 0 Å². The minimum absolute atomic E-state index is 0.128. The van der Waals surface area contributed by atoms with E-state index in [4.69, 9.17) is 0 Å². The van der Waals surface area contributed by atoms with Gasteiger partial charge >= 0.3 is 6.36 Å². The van der Waals surface area contributed by atoms with Gasteiger partial charge in [0.25, 0.3) is 0 Å². The molecule has 1 amide bonds. The topological polar surface area (TPSA) is 32.8 Å². The number of nitrogens with zero attached hydrogens (tertiary/aromatic N) is 2. The Hall–Kier alpha value is -2.70. The quantitative estimate of drug-likeness (QED) is 0.751. The molecule has 0 aliphatic rings. The van der Waals surface area contributed by atoms with Crippen LogP contribution in [0.15, 0.2) is 48.5 Å². The lowest BCUT2D eigenvalue weighted by Gasteiger charge is -2.24. The smallest absolute Gasteiger partial charge is 0.406 e. The summed E-state index contributed by atoms with van der Waals surface area (Å²) in [6.45, 7) is 0.128. The fraction of sp³-hybridized carbons (Fsp3) is 0.235. The van der Waals surface area contributed by atoms with Crippen molar-refractivity contribution < 1.29 is 22.7 Å². The molecule has 7 heteroatoms. The van der Waals surface area contributed by atoms with E-state index in [9.17, 15) is 18.0 Å². The summed E-state index contributed by atoms with van der Waals surface area (Å²) in [7, 11) is 3.69. The van der Waals surface area contributed by atoms with Crippen LogP contribution in [0.5, 0.6) is 5.75 Å². The van der Waals surface area contributed by atoms with Crippen LogP contribution in [0, 0.1) is 0 Å². The molecule has 0 saturated heterocycles. The molecule has 0 radical (unpaired) electrons. The van der Waals surface area contributed by atoms with Crippen molar-refractivity contribution in [2.75, 3.05) is 23.9 Å². The van der Waals surface area contributed by atoms with Gasteiger partial charge in [-0.15, -0.1) is 13.2 Å². The normalized spacial score (nSPS) is 11.0. The van der Waals surface area contributed by atoms with Gasteiger partial charge in [0, 0.05) is 14.1 Å². The average molecular weight is 338 g/mol. The summed E-state index contributed by atoms with van der Waals surface area (Å²) in [5.74, 6) is -0.313. The number of alkyl halides is 3. The van der Waals surface area contributed by atoms with Crippen LogP contribution in [0.1, 0.15) is 5.56 Å². The van der Waals surface area contributed by atoms with Gasteiger partial charge in [-0.1, -0.05) is 24.3 Å². The molecule has 2 aromatic carbocycles. The molecule has 4 nitrogen and oxygen atoms in total. The van der Waals surface area contributed by atoms with Crippen LogP contribution in [0.3, 0.4) is 0 Å². The van der Waals surface area contributed by atoms with E-state index in [0.717, 1.165) is 5.69 Å². The third-order valence-corrected chi connectivity index (χ3v) is 3.29. The van der Waals surface area contributed by atoms with Gasteiger partial charge in [0.05, 0.1) is 17.9 Å². The Morgan fingerprint density at radius 1 is 1.04 bits per heavy atom. The van der Waals surface area contributed by atoms with Crippen LogP contribution in [0.2, 0.25) is 0 Å². The van der Waals surface area contributed by atoms with Crippen LogP contribution >= 0.6 is 0 Å². The molecular formula is C17H17F3N2O2. The predicted molar refractivity (Wildman–Crippen MR) is 86.1 cm³/mol. The highest BCUT2D eigenvalue weighted by atomic mass is 19.4. The molecule has 2 rings (SSSR count). The first-order valence-electron chi connectivity index (χ1n) is 7.13. The molecule has 0 atom stereocenters. The zero-order valence-corrected chi connectivity index (χ0v) is 13.2. The number of rotatable bonds is 6. The highest BCUT2D eigenvalue weighted by Gasteiger charge is 2.31. The Morgan fingerprint density at radius 2 is 1.71 bits per heavy atom. The first kappa shape index (κ1) is 17.7. The molecule has 0 fully saturated rings. The third kappa shape index (κ3) is 4.65. The molecule has 0 aliphatic heterocycles. The summed E-state index contributed by atoms with van der Waals surface area (Å²) in [4.78, 5) is 14.8. The second-order valence-corrected chi connectivity index (χ2v) is 5.31. The third-order valence-electron chi connectivity index (χ3n) is 3.29. The molecule has 0 aromatic heterocycles. The van der Waals surface area contributed by atoms with E-state index in [0.29, 0.717) is 17.7 Å². The van der Waals surface area contributed by atoms with E-state index in [2.05, 4.69) is 4.74 Å². The lowest BCUT2D eigenvalue weighted by atomic mass is 10.1. The Bertz CT molecular complexity index is 702. The van der Waals surface area contributed by atoms with Gasteiger partial charge in [-0.3, -0.25) is 4.79 Å². The van der Waals surface area contributed by atoms with Gasteiger partial charge in [0.15, 0.2) is 0 Å². The Balaban J connectivity index is 2.26. The van der Waals surface area contributed by atoms with Gasteiger partial charge in [-0.2, -0.15) is 0 Å². The zero-order valence-electron chi connectivity index (χ0n) is 13.2. The molecular weight excluding hydrogens is 321 g/mol. The number of carbonyl (C=O) groups excluding carboxylic acids is 1. The second-order valence-electron chi connectivity index (χ2n) is 5.31. The number of ether oxygens (including phenoxy) is 1.